The third-order valence-electron chi connectivity index (χ3n) is 5.46. The van der Waals surface area contributed by atoms with Crippen LogP contribution in [0.2, 0.25) is 5.31 Å². The Bertz CT molecular complexity index is 999. The average Bonchev–Trinajstić information content (AvgIpc) is 2.73. The van der Waals surface area contributed by atoms with E-state index in [-0.39, 0.29) is 11.6 Å². The number of rotatable bonds is 8. The van der Waals surface area contributed by atoms with Gasteiger partial charge in [0.05, 0.1) is 0 Å². The van der Waals surface area contributed by atoms with Crippen LogP contribution in [0.4, 0.5) is 4.39 Å². The lowest BCUT2D eigenvalue weighted by atomic mass is 9.67. The maximum absolute atomic E-state index is 14.9. The fourth-order valence-electron chi connectivity index (χ4n) is 3.61. The Hall–Kier alpha value is -2.68. The van der Waals surface area contributed by atoms with Gasteiger partial charge >= 0.3 is 0 Å². The first kappa shape index (κ1) is 22.0. The number of Topliss-reactive ketones (excluding diaryl/α,β-unsaturated/α-hetero) is 1. The maximum Gasteiger partial charge on any atom is 0.160 e. The zero-order chi connectivity index (χ0) is 21.7. The van der Waals surface area contributed by atoms with Crippen LogP contribution in [0.25, 0.3) is 22.3 Å². The average molecular weight is 400 g/mol. The highest BCUT2D eigenvalue weighted by atomic mass is 19.1. The molecule has 0 saturated carbocycles. The summed E-state index contributed by atoms with van der Waals surface area (Å²) in [5.41, 5.74) is 5.19. The molecule has 3 aromatic carbocycles. The Morgan fingerprint density at radius 3 is 2.03 bits per heavy atom. The molecule has 0 spiro atoms. The smallest absolute Gasteiger partial charge is 0.160 e. The van der Waals surface area contributed by atoms with Gasteiger partial charge in [0, 0.05) is 11.1 Å². The summed E-state index contributed by atoms with van der Waals surface area (Å²) >= 11 is 0. The Morgan fingerprint density at radius 2 is 1.47 bits per heavy atom. The number of hydrogen-bond donors (Lipinski definition) is 0. The minimum absolute atomic E-state index is 0.0861. The van der Waals surface area contributed by atoms with Gasteiger partial charge in [0.25, 0.3) is 0 Å². The standard InChI is InChI=1S/C27H30BFO/c1-4-5-6-7-19-8-10-20(11-9-19)23-16-17-24(25(29)18-23)21-12-14-22(15-13-21)26(30)27(2,3)28/h8-18H,4-7,28H2,1-3H3. The Morgan fingerprint density at radius 1 is 0.867 bits per heavy atom. The molecule has 0 N–H and O–H groups in total. The van der Waals surface area contributed by atoms with Crippen LogP contribution in [0, 0.1) is 5.82 Å². The van der Waals surface area contributed by atoms with Crippen LogP contribution in [0.1, 0.15) is 56.0 Å². The molecule has 30 heavy (non-hydrogen) atoms. The lowest BCUT2D eigenvalue weighted by molar-refractivity contribution is 0.0949. The van der Waals surface area contributed by atoms with Gasteiger partial charge in [0.1, 0.15) is 13.7 Å². The number of halogens is 1. The highest BCUT2D eigenvalue weighted by molar-refractivity contribution is 6.31. The van der Waals surface area contributed by atoms with E-state index in [0.717, 1.165) is 23.1 Å². The summed E-state index contributed by atoms with van der Waals surface area (Å²) in [5, 5.41) is -0.431. The summed E-state index contributed by atoms with van der Waals surface area (Å²) in [6.07, 6.45) is 4.77. The zero-order valence-electron chi connectivity index (χ0n) is 18.5. The summed E-state index contributed by atoms with van der Waals surface area (Å²) < 4.78 is 14.9. The van der Waals surface area contributed by atoms with Crippen LogP contribution >= 0.6 is 0 Å². The Labute approximate surface area is 180 Å². The van der Waals surface area contributed by atoms with Crippen LogP contribution in [0.15, 0.2) is 66.7 Å². The molecule has 0 aliphatic rings. The van der Waals surface area contributed by atoms with E-state index in [9.17, 15) is 9.18 Å². The van der Waals surface area contributed by atoms with Crippen molar-refractivity contribution >= 4 is 13.6 Å². The van der Waals surface area contributed by atoms with Crippen LogP contribution in [-0.4, -0.2) is 13.6 Å². The molecule has 3 rings (SSSR count). The van der Waals surface area contributed by atoms with Gasteiger partial charge in [-0.05, 0) is 46.5 Å². The SMILES string of the molecule is BC(C)(C)C(=O)c1ccc(-c2ccc(-c3ccc(CCCCC)cc3)cc2F)cc1. The molecule has 1 nitrogen and oxygen atoms in total. The van der Waals surface area contributed by atoms with Crippen molar-refractivity contribution in [2.24, 2.45) is 0 Å². The molecule has 0 amide bonds. The molecule has 0 atom stereocenters. The molecule has 154 valence electrons. The molecule has 0 radical (unpaired) electrons. The summed E-state index contributed by atoms with van der Waals surface area (Å²) in [5.74, 6) is -0.169. The fourth-order valence-corrected chi connectivity index (χ4v) is 3.61. The summed E-state index contributed by atoms with van der Waals surface area (Å²) in [4.78, 5) is 12.4. The number of carbonyl (C=O) groups excluding carboxylic acids is 1. The Balaban J connectivity index is 1.78. The van der Waals surface area contributed by atoms with E-state index < -0.39 is 5.31 Å². The molecule has 0 bridgehead atoms. The summed E-state index contributed by atoms with van der Waals surface area (Å²) in [6, 6.07) is 21.0. The molecule has 3 heteroatoms. The number of ketones is 1. The van der Waals surface area contributed by atoms with Crippen LogP contribution in [-0.2, 0) is 6.42 Å². The second-order valence-electron chi connectivity index (χ2n) is 9.01. The third kappa shape index (κ3) is 5.27. The highest BCUT2D eigenvalue weighted by Gasteiger charge is 2.22. The van der Waals surface area contributed by atoms with Gasteiger partial charge in [-0.25, -0.2) is 4.39 Å². The molecule has 0 saturated heterocycles. The van der Waals surface area contributed by atoms with Crippen molar-refractivity contribution in [2.45, 2.75) is 51.8 Å². The normalized spacial score (nSPS) is 11.5. The fraction of sp³-hybridized carbons (Fsp3) is 0.296. The van der Waals surface area contributed by atoms with E-state index >= 15 is 0 Å². The van der Waals surface area contributed by atoms with Crippen molar-refractivity contribution < 1.29 is 9.18 Å². The van der Waals surface area contributed by atoms with Gasteiger partial charge in [0.15, 0.2) is 5.78 Å². The number of carbonyl (C=O) groups is 1. The lowest BCUT2D eigenvalue weighted by Crippen LogP contribution is -2.17. The van der Waals surface area contributed by atoms with Gasteiger partial charge in [-0.3, -0.25) is 4.79 Å². The third-order valence-corrected chi connectivity index (χ3v) is 5.46. The molecule has 0 fully saturated rings. The Kier molecular flexibility index (Phi) is 6.92. The van der Waals surface area contributed by atoms with E-state index in [1.165, 1.54) is 24.8 Å². The first-order valence-electron chi connectivity index (χ1n) is 10.8. The predicted octanol–water partition coefficient (Wildman–Crippen LogP) is 6.91. The number of aryl methyl sites for hydroxylation is 1. The first-order valence-corrected chi connectivity index (χ1v) is 10.8. The molecule has 0 aliphatic carbocycles. The number of benzene rings is 3. The topological polar surface area (TPSA) is 17.1 Å². The number of unbranched alkanes of at least 4 members (excludes halogenated alkanes) is 2. The number of hydrogen-bond acceptors (Lipinski definition) is 1. The summed E-state index contributed by atoms with van der Waals surface area (Å²) in [7, 11) is 1.90. The minimum Gasteiger partial charge on any atom is -0.294 e. The van der Waals surface area contributed by atoms with Gasteiger partial charge in [0.2, 0.25) is 0 Å². The van der Waals surface area contributed by atoms with Crippen molar-refractivity contribution in [3.63, 3.8) is 0 Å². The van der Waals surface area contributed by atoms with Crippen molar-refractivity contribution in [1.29, 1.82) is 0 Å². The van der Waals surface area contributed by atoms with E-state index in [1.54, 1.807) is 18.2 Å². The highest BCUT2D eigenvalue weighted by Crippen LogP contribution is 2.30. The lowest BCUT2D eigenvalue weighted by Gasteiger charge is -2.16. The molecule has 3 aromatic rings. The van der Waals surface area contributed by atoms with Crippen LogP contribution in [0.5, 0.6) is 0 Å². The van der Waals surface area contributed by atoms with E-state index in [2.05, 4.69) is 31.2 Å². The minimum atomic E-state index is -0.431. The van der Waals surface area contributed by atoms with Crippen molar-refractivity contribution in [1.82, 2.24) is 0 Å². The van der Waals surface area contributed by atoms with Gasteiger partial charge in [-0.2, -0.15) is 0 Å². The molecule has 0 unspecified atom stereocenters. The maximum atomic E-state index is 14.9. The summed E-state index contributed by atoms with van der Waals surface area (Å²) in [6.45, 7) is 6.01. The molecular formula is C27H30BFO. The van der Waals surface area contributed by atoms with Gasteiger partial charge in [-0.1, -0.05) is 94.3 Å². The molecular weight excluding hydrogens is 370 g/mol. The van der Waals surface area contributed by atoms with Crippen LogP contribution < -0.4 is 0 Å². The monoisotopic (exact) mass is 400 g/mol. The second kappa shape index (κ2) is 9.42. The van der Waals surface area contributed by atoms with Crippen LogP contribution in [0.3, 0.4) is 0 Å². The molecule has 0 heterocycles. The van der Waals surface area contributed by atoms with Gasteiger partial charge < -0.3 is 0 Å². The largest absolute Gasteiger partial charge is 0.294 e. The van der Waals surface area contributed by atoms with Gasteiger partial charge in [-0.15, -0.1) is 0 Å². The predicted molar refractivity (Wildman–Crippen MR) is 127 cm³/mol. The second-order valence-corrected chi connectivity index (χ2v) is 9.01. The first-order chi connectivity index (χ1) is 14.3. The van der Waals surface area contributed by atoms with E-state index in [1.807, 2.05) is 46.0 Å². The molecule has 0 aliphatic heterocycles. The van der Waals surface area contributed by atoms with Crippen molar-refractivity contribution in [2.75, 3.05) is 0 Å². The molecule has 0 aromatic heterocycles. The van der Waals surface area contributed by atoms with E-state index in [0.29, 0.717) is 11.1 Å². The van der Waals surface area contributed by atoms with E-state index in [4.69, 9.17) is 0 Å². The van der Waals surface area contributed by atoms with Crippen molar-refractivity contribution in [3.8, 4) is 22.3 Å². The quantitative estimate of drug-likeness (QED) is 0.228. The zero-order valence-corrected chi connectivity index (χ0v) is 18.5. The van der Waals surface area contributed by atoms with Crippen molar-refractivity contribution in [3.05, 3.63) is 83.7 Å².